The third kappa shape index (κ3) is 6.85. The van der Waals surface area contributed by atoms with E-state index in [9.17, 15) is 24.3 Å². The van der Waals surface area contributed by atoms with E-state index >= 15 is 0 Å². The Bertz CT molecular complexity index is 1170. The minimum Gasteiger partial charge on any atom is -0.480 e. The molecular formula is C31H38N2O6. The lowest BCUT2D eigenvalue weighted by Crippen LogP contribution is -2.53. The molecule has 1 saturated carbocycles. The van der Waals surface area contributed by atoms with Gasteiger partial charge in [-0.1, -0.05) is 61.4 Å². The van der Waals surface area contributed by atoms with E-state index in [1.807, 2.05) is 42.5 Å². The van der Waals surface area contributed by atoms with Gasteiger partial charge in [-0.25, -0.2) is 0 Å². The molecule has 39 heavy (non-hydrogen) atoms. The van der Waals surface area contributed by atoms with Crippen LogP contribution >= 0.6 is 0 Å². The van der Waals surface area contributed by atoms with Gasteiger partial charge in [0.05, 0.1) is 17.9 Å². The summed E-state index contributed by atoms with van der Waals surface area (Å²) >= 11 is 0. The summed E-state index contributed by atoms with van der Waals surface area (Å²) in [5.74, 6) is -2.50. The molecule has 0 aromatic heterocycles. The molecule has 8 heteroatoms. The fraction of sp³-hybridized carbons (Fsp3) is 0.484. The van der Waals surface area contributed by atoms with Gasteiger partial charge in [0.25, 0.3) is 0 Å². The van der Waals surface area contributed by atoms with Crippen LogP contribution in [0.25, 0.3) is 0 Å². The number of carbonyl (C=O) groups excluding carboxylic acids is 3. The molecule has 2 atom stereocenters. The Hall–Kier alpha value is -3.68. The number of rotatable bonds is 11. The highest BCUT2D eigenvalue weighted by atomic mass is 16.5. The number of hydrogen-bond acceptors (Lipinski definition) is 5. The number of carboxylic acid groups (broad SMARTS) is 1. The first-order valence-corrected chi connectivity index (χ1v) is 14.0. The van der Waals surface area contributed by atoms with Crippen LogP contribution in [0.4, 0.5) is 5.69 Å². The van der Waals surface area contributed by atoms with Crippen LogP contribution in [0, 0.1) is 11.3 Å². The van der Waals surface area contributed by atoms with Crippen LogP contribution in [0.1, 0.15) is 63.0 Å². The number of nitrogens with zero attached hydrogens (tertiary/aromatic N) is 1. The fourth-order valence-electron chi connectivity index (χ4n) is 6.06. The molecule has 2 amide bonds. The van der Waals surface area contributed by atoms with E-state index in [4.69, 9.17) is 4.74 Å². The molecule has 208 valence electrons. The highest BCUT2D eigenvalue weighted by Gasteiger charge is 2.46. The largest absolute Gasteiger partial charge is 0.480 e. The lowest BCUT2D eigenvalue weighted by atomic mass is 9.75. The third-order valence-corrected chi connectivity index (χ3v) is 8.07. The van der Waals surface area contributed by atoms with Crippen molar-refractivity contribution in [2.75, 3.05) is 18.1 Å². The Kier molecular flexibility index (Phi) is 9.38. The van der Waals surface area contributed by atoms with Crippen LogP contribution in [0.2, 0.25) is 0 Å². The number of carbonyl (C=O) groups is 4. The van der Waals surface area contributed by atoms with E-state index in [1.54, 1.807) is 19.1 Å². The fourth-order valence-corrected chi connectivity index (χ4v) is 6.06. The van der Waals surface area contributed by atoms with Gasteiger partial charge in [0.1, 0.15) is 12.6 Å². The first-order valence-electron chi connectivity index (χ1n) is 14.0. The molecule has 4 rings (SSSR count). The summed E-state index contributed by atoms with van der Waals surface area (Å²) in [5, 5.41) is 12.5. The predicted molar refractivity (Wildman–Crippen MR) is 147 cm³/mol. The van der Waals surface area contributed by atoms with Crippen LogP contribution in [-0.4, -0.2) is 48.1 Å². The Balaban J connectivity index is 1.53. The van der Waals surface area contributed by atoms with Crippen molar-refractivity contribution in [1.82, 2.24) is 5.32 Å². The van der Waals surface area contributed by atoms with E-state index in [0.29, 0.717) is 50.6 Å². The van der Waals surface area contributed by atoms with Gasteiger partial charge in [0, 0.05) is 5.69 Å². The van der Waals surface area contributed by atoms with Crippen LogP contribution < -0.4 is 10.2 Å². The summed E-state index contributed by atoms with van der Waals surface area (Å²) in [5.41, 5.74) is 1.80. The van der Waals surface area contributed by atoms with Gasteiger partial charge in [-0.05, 0) is 69.1 Å². The number of amides is 2. The molecule has 1 heterocycles. The van der Waals surface area contributed by atoms with E-state index in [0.717, 1.165) is 24.0 Å². The number of anilines is 1. The minimum absolute atomic E-state index is 0.228. The van der Waals surface area contributed by atoms with Gasteiger partial charge in [-0.3, -0.25) is 24.1 Å². The Labute approximate surface area is 229 Å². The topological polar surface area (TPSA) is 113 Å². The predicted octanol–water partition coefficient (Wildman–Crippen LogP) is 4.30. The van der Waals surface area contributed by atoms with E-state index in [1.165, 1.54) is 4.90 Å². The Morgan fingerprint density at radius 3 is 2.46 bits per heavy atom. The zero-order valence-corrected chi connectivity index (χ0v) is 22.6. The molecule has 1 aliphatic carbocycles. The molecule has 2 N–H and O–H groups in total. The van der Waals surface area contributed by atoms with Gasteiger partial charge in [-0.15, -0.1) is 0 Å². The normalized spacial score (nSPS) is 19.1. The maximum atomic E-state index is 13.9. The second-order valence-corrected chi connectivity index (χ2v) is 10.7. The molecule has 2 aromatic carbocycles. The summed E-state index contributed by atoms with van der Waals surface area (Å²) in [4.78, 5) is 53.4. The number of para-hydroxylation sites is 1. The smallest absolute Gasteiger partial charge is 0.323 e. The van der Waals surface area contributed by atoms with Crippen molar-refractivity contribution in [1.29, 1.82) is 0 Å². The highest BCUT2D eigenvalue weighted by molar-refractivity contribution is 6.03. The van der Waals surface area contributed by atoms with Crippen LogP contribution in [-0.2, 0) is 36.8 Å². The molecule has 1 fully saturated rings. The van der Waals surface area contributed by atoms with Gasteiger partial charge in [0.2, 0.25) is 11.8 Å². The van der Waals surface area contributed by atoms with Crippen molar-refractivity contribution in [2.24, 2.45) is 11.3 Å². The van der Waals surface area contributed by atoms with Gasteiger partial charge in [0.15, 0.2) is 0 Å². The third-order valence-electron chi connectivity index (χ3n) is 8.07. The van der Waals surface area contributed by atoms with Gasteiger partial charge < -0.3 is 15.2 Å². The van der Waals surface area contributed by atoms with Gasteiger partial charge >= 0.3 is 11.9 Å². The minimum atomic E-state index is -1.12. The molecule has 0 radical (unpaired) electrons. The zero-order valence-electron chi connectivity index (χ0n) is 22.6. The number of aliphatic carboxylic acids is 1. The molecule has 2 aliphatic rings. The molecule has 0 bridgehead atoms. The summed E-state index contributed by atoms with van der Waals surface area (Å²) in [6.07, 6.45) is 5.58. The second kappa shape index (κ2) is 12.9. The molecule has 0 unspecified atom stereocenters. The van der Waals surface area contributed by atoms with Crippen molar-refractivity contribution in [3.8, 4) is 0 Å². The zero-order chi connectivity index (χ0) is 27.8. The molecule has 0 spiro atoms. The first kappa shape index (κ1) is 28.3. The van der Waals surface area contributed by atoms with E-state index in [2.05, 4.69) is 5.32 Å². The number of fused-ring (bicyclic) bond motifs is 1. The van der Waals surface area contributed by atoms with Crippen LogP contribution in [0.3, 0.4) is 0 Å². The van der Waals surface area contributed by atoms with Crippen LogP contribution in [0.15, 0.2) is 54.6 Å². The summed E-state index contributed by atoms with van der Waals surface area (Å²) in [6, 6.07) is 16.4. The number of benzene rings is 2. The summed E-state index contributed by atoms with van der Waals surface area (Å²) < 4.78 is 5.41. The number of esters is 1. The number of aryl methyl sites for hydroxylation is 2. The molecule has 1 aliphatic heterocycles. The maximum absolute atomic E-state index is 13.9. The molecule has 0 saturated heterocycles. The van der Waals surface area contributed by atoms with E-state index < -0.39 is 35.8 Å². The number of nitrogens with one attached hydrogen (secondary N) is 1. The van der Waals surface area contributed by atoms with Crippen molar-refractivity contribution in [2.45, 2.75) is 70.8 Å². The lowest BCUT2D eigenvalue weighted by molar-refractivity contribution is -0.150. The molecule has 8 nitrogen and oxygen atoms in total. The first-order chi connectivity index (χ1) is 18.8. The standard InChI is InChI=1S/C31H38N2O6/c1-2-39-29(37)24(15-14-22-10-4-3-5-11-22)20-31(18-8-9-19-31)30(38)32-25-17-16-23-12-6-7-13-26(23)33(28(25)36)21-27(34)35/h3-7,10-13,24-25H,2,8-9,14-21H2,1H3,(H,32,38)(H,34,35)/t24-,25-/m0/s1. The van der Waals surface area contributed by atoms with Crippen molar-refractivity contribution in [3.05, 3.63) is 65.7 Å². The highest BCUT2D eigenvalue weighted by Crippen LogP contribution is 2.45. The second-order valence-electron chi connectivity index (χ2n) is 10.7. The maximum Gasteiger partial charge on any atom is 0.323 e. The number of carboxylic acids is 1. The number of ether oxygens (including phenoxy) is 1. The van der Waals surface area contributed by atoms with Crippen molar-refractivity contribution < 1.29 is 29.0 Å². The molecular weight excluding hydrogens is 496 g/mol. The molecule has 2 aromatic rings. The van der Waals surface area contributed by atoms with E-state index in [-0.39, 0.29) is 18.5 Å². The number of hydrogen-bond donors (Lipinski definition) is 2. The Morgan fingerprint density at radius 2 is 1.77 bits per heavy atom. The quantitative estimate of drug-likeness (QED) is 0.416. The summed E-state index contributed by atoms with van der Waals surface area (Å²) in [7, 11) is 0. The van der Waals surface area contributed by atoms with Crippen molar-refractivity contribution in [3.63, 3.8) is 0 Å². The Morgan fingerprint density at radius 1 is 1.08 bits per heavy atom. The average molecular weight is 535 g/mol. The van der Waals surface area contributed by atoms with Crippen LogP contribution in [0.5, 0.6) is 0 Å². The van der Waals surface area contributed by atoms with Crippen molar-refractivity contribution >= 4 is 29.4 Å². The monoisotopic (exact) mass is 534 g/mol. The summed E-state index contributed by atoms with van der Waals surface area (Å²) in [6.45, 7) is 1.58. The average Bonchev–Trinajstić information content (AvgIpc) is 3.38. The van der Waals surface area contributed by atoms with Gasteiger partial charge in [-0.2, -0.15) is 0 Å². The SMILES string of the molecule is CCOC(=O)[C@@H](CCc1ccccc1)CC1(C(=O)N[C@H]2CCc3ccccc3N(CC(=O)O)C2=O)CCCC1. The lowest BCUT2D eigenvalue weighted by Gasteiger charge is -2.33.